The molecule has 96 valence electrons. The third kappa shape index (κ3) is 4.01. The second-order valence-corrected chi connectivity index (χ2v) is 6.92. The van der Waals surface area contributed by atoms with Crippen LogP contribution in [0.5, 0.6) is 0 Å². The van der Waals surface area contributed by atoms with Gasteiger partial charge in [0, 0.05) is 25.7 Å². The number of hydrogen-bond acceptors (Lipinski definition) is 3. The van der Waals surface area contributed by atoms with E-state index in [1.807, 2.05) is 20.8 Å². The molecule has 0 spiro atoms. The monoisotopic (exact) mass is 249 g/mol. The third-order valence-corrected chi connectivity index (χ3v) is 4.18. The summed E-state index contributed by atoms with van der Waals surface area (Å²) < 4.78 is 28.0. The Morgan fingerprint density at radius 2 is 2.06 bits per heavy atom. The normalized spacial score (nSPS) is 28.6. The highest BCUT2D eigenvalue weighted by molar-refractivity contribution is 7.87. The van der Waals surface area contributed by atoms with Crippen LogP contribution in [0.4, 0.5) is 0 Å². The number of hydrogen-bond donors (Lipinski definition) is 2. The van der Waals surface area contributed by atoms with Crippen molar-refractivity contribution in [2.24, 2.45) is 17.6 Å². The van der Waals surface area contributed by atoms with E-state index in [4.69, 9.17) is 5.73 Å². The summed E-state index contributed by atoms with van der Waals surface area (Å²) in [5, 5.41) is 0. The van der Waals surface area contributed by atoms with Crippen LogP contribution in [0.15, 0.2) is 0 Å². The molecule has 2 unspecified atom stereocenters. The van der Waals surface area contributed by atoms with Crippen LogP contribution in [0, 0.1) is 11.8 Å². The maximum absolute atomic E-state index is 11.9. The summed E-state index contributed by atoms with van der Waals surface area (Å²) in [6.07, 6.45) is 0.899. The van der Waals surface area contributed by atoms with E-state index in [2.05, 4.69) is 4.72 Å². The molecule has 0 aromatic carbocycles. The van der Waals surface area contributed by atoms with E-state index in [9.17, 15) is 8.42 Å². The Kier molecular flexibility index (Phi) is 4.73. The highest BCUT2D eigenvalue weighted by Gasteiger charge is 2.30. The van der Waals surface area contributed by atoms with Crippen LogP contribution in [0.3, 0.4) is 0 Å². The molecule has 0 aromatic rings. The molecule has 6 heteroatoms. The molecule has 1 aliphatic rings. The van der Waals surface area contributed by atoms with Crippen molar-refractivity contribution >= 4 is 10.2 Å². The van der Waals surface area contributed by atoms with Gasteiger partial charge >= 0.3 is 0 Å². The van der Waals surface area contributed by atoms with Crippen LogP contribution in [0.1, 0.15) is 27.2 Å². The fraction of sp³-hybridized carbons (Fsp3) is 1.00. The van der Waals surface area contributed by atoms with E-state index in [1.165, 1.54) is 4.31 Å². The van der Waals surface area contributed by atoms with Crippen LogP contribution in [0.25, 0.3) is 0 Å². The van der Waals surface area contributed by atoms with Gasteiger partial charge in [-0.05, 0) is 18.3 Å². The zero-order chi connectivity index (χ0) is 12.3. The third-order valence-electron chi connectivity index (χ3n) is 2.67. The lowest BCUT2D eigenvalue weighted by molar-refractivity contribution is 0.251. The van der Waals surface area contributed by atoms with Gasteiger partial charge in [-0.15, -0.1) is 0 Å². The van der Waals surface area contributed by atoms with E-state index in [-0.39, 0.29) is 6.04 Å². The maximum atomic E-state index is 11.9. The minimum atomic E-state index is -3.34. The highest BCUT2D eigenvalue weighted by atomic mass is 32.2. The molecule has 0 amide bonds. The van der Waals surface area contributed by atoms with E-state index in [0.29, 0.717) is 31.5 Å². The number of piperidine rings is 1. The number of nitrogens with zero attached hydrogens (tertiary/aromatic N) is 1. The van der Waals surface area contributed by atoms with E-state index < -0.39 is 10.2 Å². The zero-order valence-electron chi connectivity index (χ0n) is 10.3. The van der Waals surface area contributed by atoms with Crippen molar-refractivity contribution in [2.45, 2.75) is 33.2 Å². The molecule has 0 aliphatic carbocycles. The van der Waals surface area contributed by atoms with Gasteiger partial charge in [-0.3, -0.25) is 0 Å². The highest BCUT2D eigenvalue weighted by Crippen LogP contribution is 2.17. The molecule has 1 saturated heterocycles. The Morgan fingerprint density at radius 1 is 1.44 bits per heavy atom. The van der Waals surface area contributed by atoms with Crippen molar-refractivity contribution in [1.82, 2.24) is 9.03 Å². The largest absolute Gasteiger partial charge is 0.326 e. The molecule has 16 heavy (non-hydrogen) atoms. The van der Waals surface area contributed by atoms with E-state index in [1.54, 1.807) is 0 Å². The molecule has 0 bridgehead atoms. The van der Waals surface area contributed by atoms with Crippen molar-refractivity contribution < 1.29 is 8.42 Å². The number of nitrogens with one attached hydrogen (secondary N) is 1. The van der Waals surface area contributed by atoms with Crippen molar-refractivity contribution in [3.05, 3.63) is 0 Å². The first-order chi connectivity index (χ1) is 7.31. The summed E-state index contributed by atoms with van der Waals surface area (Å²) in [4.78, 5) is 0. The molecule has 0 aromatic heterocycles. The zero-order valence-corrected chi connectivity index (χ0v) is 11.1. The van der Waals surface area contributed by atoms with Crippen molar-refractivity contribution in [3.8, 4) is 0 Å². The van der Waals surface area contributed by atoms with Crippen LogP contribution >= 0.6 is 0 Å². The number of rotatable bonds is 4. The van der Waals surface area contributed by atoms with E-state index >= 15 is 0 Å². The maximum Gasteiger partial charge on any atom is 0.279 e. The first kappa shape index (κ1) is 13.9. The Labute approximate surface area is 98.6 Å². The molecule has 2 atom stereocenters. The molecule has 3 N–H and O–H groups in total. The Bertz CT molecular complexity index is 306. The molecular formula is C10H23N3O2S. The van der Waals surface area contributed by atoms with Gasteiger partial charge in [0.25, 0.3) is 10.2 Å². The van der Waals surface area contributed by atoms with Gasteiger partial charge in [0.15, 0.2) is 0 Å². The summed E-state index contributed by atoms with van der Waals surface area (Å²) in [7, 11) is -3.34. The first-order valence-corrected chi connectivity index (χ1v) is 7.25. The SMILES string of the molecule is CC(C)CNS(=O)(=O)N1CC(C)CC(N)C1. The van der Waals surface area contributed by atoms with Gasteiger partial charge in [-0.1, -0.05) is 20.8 Å². The Hall–Kier alpha value is -0.170. The molecule has 1 aliphatic heterocycles. The van der Waals surface area contributed by atoms with E-state index in [0.717, 1.165) is 6.42 Å². The Morgan fingerprint density at radius 3 is 2.56 bits per heavy atom. The van der Waals surface area contributed by atoms with Crippen molar-refractivity contribution in [2.75, 3.05) is 19.6 Å². The molecule has 0 radical (unpaired) electrons. The average molecular weight is 249 g/mol. The summed E-state index contributed by atoms with van der Waals surface area (Å²) in [6, 6.07) is -0.0422. The molecule has 5 nitrogen and oxygen atoms in total. The summed E-state index contributed by atoms with van der Waals surface area (Å²) in [5.41, 5.74) is 5.83. The van der Waals surface area contributed by atoms with Gasteiger partial charge < -0.3 is 5.73 Å². The van der Waals surface area contributed by atoms with Gasteiger partial charge in [-0.25, -0.2) is 4.72 Å². The fourth-order valence-electron chi connectivity index (χ4n) is 1.91. The second-order valence-electron chi connectivity index (χ2n) is 5.17. The van der Waals surface area contributed by atoms with Crippen LogP contribution in [0.2, 0.25) is 0 Å². The predicted molar refractivity (Wildman–Crippen MR) is 65.1 cm³/mol. The lowest BCUT2D eigenvalue weighted by Gasteiger charge is -2.33. The first-order valence-electron chi connectivity index (χ1n) is 5.81. The van der Waals surface area contributed by atoms with Gasteiger partial charge in [0.2, 0.25) is 0 Å². The number of nitrogens with two attached hydrogens (primary N) is 1. The van der Waals surface area contributed by atoms with Crippen molar-refractivity contribution in [3.63, 3.8) is 0 Å². The fourth-order valence-corrected chi connectivity index (χ4v) is 3.47. The lowest BCUT2D eigenvalue weighted by Crippen LogP contribution is -2.52. The molecule has 1 fully saturated rings. The topological polar surface area (TPSA) is 75.4 Å². The Balaban J connectivity index is 2.60. The summed E-state index contributed by atoms with van der Waals surface area (Å²) in [5.74, 6) is 0.644. The smallest absolute Gasteiger partial charge is 0.279 e. The van der Waals surface area contributed by atoms with Gasteiger partial charge in [0.1, 0.15) is 0 Å². The summed E-state index contributed by atoms with van der Waals surface area (Å²) >= 11 is 0. The van der Waals surface area contributed by atoms with Crippen molar-refractivity contribution in [1.29, 1.82) is 0 Å². The average Bonchev–Trinajstić information content (AvgIpc) is 2.13. The van der Waals surface area contributed by atoms with Crippen LogP contribution < -0.4 is 10.5 Å². The molecule has 0 saturated carbocycles. The predicted octanol–water partition coefficient (Wildman–Crippen LogP) is 0.146. The lowest BCUT2D eigenvalue weighted by atomic mass is 9.99. The minimum Gasteiger partial charge on any atom is -0.326 e. The molecular weight excluding hydrogens is 226 g/mol. The minimum absolute atomic E-state index is 0.0422. The summed E-state index contributed by atoms with van der Waals surface area (Å²) in [6.45, 7) is 7.46. The molecule has 1 heterocycles. The standard InChI is InChI=1S/C10H23N3O2S/c1-8(2)5-12-16(14,15)13-6-9(3)4-10(11)7-13/h8-10,12H,4-7,11H2,1-3H3. The van der Waals surface area contributed by atoms with Crippen LogP contribution in [-0.2, 0) is 10.2 Å². The quantitative estimate of drug-likeness (QED) is 0.744. The van der Waals surface area contributed by atoms with Crippen LogP contribution in [-0.4, -0.2) is 38.4 Å². The second kappa shape index (κ2) is 5.44. The molecule has 1 rings (SSSR count). The van der Waals surface area contributed by atoms with Gasteiger partial charge in [-0.2, -0.15) is 12.7 Å². The van der Waals surface area contributed by atoms with Gasteiger partial charge in [0.05, 0.1) is 0 Å².